The van der Waals surface area contributed by atoms with E-state index in [0.29, 0.717) is 35.8 Å². The SMILES string of the molecule is COc1ccccc1NC(=O)c1ccc(NC(=O)CCN2CCSC2=O)cc1. The van der Waals surface area contributed by atoms with Gasteiger partial charge in [0.15, 0.2) is 0 Å². The quantitative estimate of drug-likeness (QED) is 0.745. The summed E-state index contributed by atoms with van der Waals surface area (Å²) >= 11 is 1.28. The molecule has 1 fully saturated rings. The minimum atomic E-state index is -0.271. The van der Waals surface area contributed by atoms with Gasteiger partial charge in [0.1, 0.15) is 5.75 Å². The first-order chi connectivity index (χ1) is 13.6. The van der Waals surface area contributed by atoms with Crippen LogP contribution in [0.2, 0.25) is 0 Å². The van der Waals surface area contributed by atoms with Crippen molar-refractivity contribution >= 4 is 40.2 Å². The second kappa shape index (κ2) is 9.27. The van der Waals surface area contributed by atoms with E-state index in [2.05, 4.69) is 10.6 Å². The molecule has 8 heteroatoms. The van der Waals surface area contributed by atoms with Crippen LogP contribution < -0.4 is 15.4 Å². The minimum absolute atomic E-state index is 0.0261. The van der Waals surface area contributed by atoms with Gasteiger partial charge in [0.05, 0.1) is 12.8 Å². The smallest absolute Gasteiger partial charge is 0.281 e. The number of para-hydroxylation sites is 2. The molecule has 0 aromatic heterocycles. The highest BCUT2D eigenvalue weighted by Gasteiger charge is 2.21. The van der Waals surface area contributed by atoms with Crippen molar-refractivity contribution in [2.75, 3.05) is 36.6 Å². The summed E-state index contributed by atoms with van der Waals surface area (Å²) in [7, 11) is 1.54. The molecule has 3 amide bonds. The third-order valence-electron chi connectivity index (χ3n) is 4.24. The van der Waals surface area contributed by atoms with Gasteiger partial charge in [0.25, 0.3) is 11.1 Å². The first-order valence-electron chi connectivity index (χ1n) is 8.83. The van der Waals surface area contributed by atoms with Crippen LogP contribution in [0.4, 0.5) is 16.2 Å². The van der Waals surface area contributed by atoms with Crippen molar-refractivity contribution in [3.05, 3.63) is 54.1 Å². The minimum Gasteiger partial charge on any atom is -0.495 e. The fourth-order valence-corrected chi connectivity index (χ4v) is 3.59. The van der Waals surface area contributed by atoms with Crippen LogP contribution in [-0.4, -0.2) is 47.9 Å². The lowest BCUT2D eigenvalue weighted by Crippen LogP contribution is -2.27. The number of nitrogens with zero attached hydrogens (tertiary/aromatic N) is 1. The first kappa shape index (κ1) is 19.8. The van der Waals surface area contributed by atoms with E-state index in [0.717, 1.165) is 5.75 Å². The van der Waals surface area contributed by atoms with Crippen LogP contribution in [0.15, 0.2) is 48.5 Å². The van der Waals surface area contributed by atoms with Gasteiger partial charge in [-0.05, 0) is 36.4 Å². The lowest BCUT2D eigenvalue weighted by Gasteiger charge is -2.14. The number of thioether (sulfide) groups is 1. The molecule has 0 saturated carbocycles. The molecule has 0 spiro atoms. The Morgan fingerprint density at radius 3 is 2.54 bits per heavy atom. The highest BCUT2D eigenvalue weighted by Crippen LogP contribution is 2.24. The molecule has 28 heavy (non-hydrogen) atoms. The molecule has 0 aliphatic carbocycles. The van der Waals surface area contributed by atoms with E-state index in [1.54, 1.807) is 48.4 Å². The van der Waals surface area contributed by atoms with Crippen LogP contribution in [0, 0.1) is 0 Å². The molecule has 1 aliphatic heterocycles. The van der Waals surface area contributed by atoms with E-state index in [4.69, 9.17) is 4.74 Å². The summed E-state index contributed by atoms with van der Waals surface area (Å²) in [6, 6.07) is 13.8. The average Bonchev–Trinajstić information content (AvgIpc) is 3.12. The summed E-state index contributed by atoms with van der Waals surface area (Å²) in [4.78, 5) is 37.7. The van der Waals surface area contributed by atoms with Crippen LogP contribution in [0.1, 0.15) is 16.8 Å². The zero-order valence-electron chi connectivity index (χ0n) is 15.4. The van der Waals surface area contributed by atoms with Gasteiger partial charge < -0.3 is 20.3 Å². The number of carbonyl (C=O) groups excluding carboxylic acids is 3. The van der Waals surface area contributed by atoms with Gasteiger partial charge in [-0.1, -0.05) is 23.9 Å². The number of ether oxygens (including phenoxy) is 1. The predicted molar refractivity (Wildman–Crippen MR) is 110 cm³/mol. The number of anilines is 2. The standard InChI is InChI=1S/C20H21N3O4S/c1-27-17-5-3-2-4-16(17)22-19(25)14-6-8-15(9-7-14)21-18(24)10-11-23-12-13-28-20(23)26/h2-9H,10-13H2,1H3,(H,21,24)(H,22,25). The van der Waals surface area contributed by atoms with E-state index < -0.39 is 0 Å². The number of carbonyl (C=O) groups is 3. The molecule has 2 aromatic carbocycles. The van der Waals surface area contributed by atoms with Crippen LogP contribution in [0.3, 0.4) is 0 Å². The van der Waals surface area contributed by atoms with Crippen LogP contribution >= 0.6 is 11.8 Å². The summed E-state index contributed by atoms with van der Waals surface area (Å²) in [5.74, 6) is 0.914. The Kier molecular flexibility index (Phi) is 6.54. The largest absolute Gasteiger partial charge is 0.495 e. The van der Waals surface area contributed by atoms with Crippen LogP contribution in [0.5, 0.6) is 5.75 Å². The van der Waals surface area contributed by atoms with E-state index in [1.807, 2.05) is 12.1 Å². The van der Waals surface area contributed by atoms with Crippen molar-refractivity contribution in [2.24, 2.45) is 0 Å². The van der Waals surface area contributed by atoms with Gasteiger partial charge in [-0.15, -0.1) is 0 Å². The fourth-order valence-electron chi connectivity index (χ4n) is 2.74. The normalized spacial score (nSPS) is 13.3. The third kappa shape index (κ3) is 5.04. The van der Waals surface area contributed by atoms with Gasteiger partial charge in [-0.2, -0.15) is 0 Å². The Hall–Kier alpha value is -3.00. The topological polar surface area (TPSA) is 87.7 Å². The molecule has 2 aromatic rings. The molecule has 7 nitrogen and oxygen atoms in total. The molecule has 146 valence electrons. The van der Waals surface area contributed by atoms with Crippen LogP contribution in [0.25, 0.3) is 0 Å². The maximum absolute atomic E-state index is 12.4. The highest BCUT2D eigenvalue weighted by molar-refractivity contribution is 8.13. The number of hydrogen-bond donors (Lipinski definition) is 2. The van der Waals surface area contributed by atoms with Gasteiger partial charge in [-0.25, -0.2) is 0 Å². The molecule has 0 bridgehead atoms. The van der Waals surface area contributed by atoms with E-state index in [9.17, 15) is 14.4 Å². The number of amides is 3. The molecular formula is C20H21N3O4S. The maximum atomic E-state index is 12.4. The van der Waals surface area contributed by atoms with Crippen molar-refractivity contribution in [2.45, 2.75) is 6.42 Å². The van der Waals surface area contributed by atoms with Gasteiger partial charge in [0.2, 0.25) is 5.91 Å². The molecule has 3 rings (SSSR count). The molecule has 0 unspecified atom stereocenters. The molecule has 0 radical (unpaired) electrons. The Balaban J connectivity index is 1.53. The monoisotopic (exact) mass is 399 g/mol. The highest BCUT2D eigenvalue weighted by atomic mass is 32.2. The third-order valence-corrected chi connectivity index (χ3v) is 5.13. The van der Waals surface area contributed by atoms with Gasteiger partial charge in [-0.3, -0.25) is 14.4 Å². The first-order valence-corrected chi connectivity index (χ1v) is 9.81. The number of methoxy groups -OCH3 is 1. The van der Waals surface area contributed by atoms with Crippen molar-refractivity contribution < 1.29 is 19.1 Å². The van der Waals surface area contributed by atoms with Gasteiger partial charge in [0, 0.05) is 36.5 Å². The molecule has 1 heterocycles. The van der Waals surface area contributed by atoms with Crippen molar-refractivity contribution in [3.8, 4) is 5.75 Å². The van der Waals surface area contributed by atoms with Crippen molar-refractivity contribution in [3.63, 3.8) is 0 Å². The lowest BCUT2D eigenvalue weighted by atomic mass is 10.2. The number of benzene rings is 2. The zero-order valence-corrected chi connectivity index (χ0v) is 16.3. The second-order valence-corrected chi connectivity index (χ2v) is 7.18. The summed E-state index contributed by atoms with van der Waals surface area (Å²) < 4.78 is 5.22. The molecule has 1 aliphatic rings. The Morgan fingerprint density at radius 2 is 1.86 bits per heavy atom. The van der Waals surface area contributed by atoms with Crippen LogP contribution in [-0.2, 0) is 4.79 Å². The van der Waals surface area contributed by atoms with Crippen molar-refractivity contribution in [1.82, 2.24) is 4.90 Å². The second-order valence-electron chi connectivity index (χ2n) is 6.13. The van der Waals surface area contributed by atoms with E-state index in [1.165, 1.54) is 11.8 Å². The molecule has 2 N–H and O–H groups in total. The Labute approximate surface area is 167 Å². The van der Waals surface area contributed by atoms with Gasteiger partial charge >= 0.3 is 0 Å². The molecular weight excluding hydrogens is 378 g/mol. The summed E-state index contributed by atoms with van der Waals surface area (Å²) in [5, 5.41) is 5.61. The molecule has 0 atom stereocenters. The Bertz CT molecular complexity index is 870. The van der Waals surface area contributed by atoms with E-state index in [-0.39, 0.29) is 23.5 Å². The Morgan fingerprint density at radius 1 is 1.11 bits per heavy atom. The lowest BCUT2D eigenvalue weighted by molar-refractivity contribution is -0.116. The molecule has 1 saturated heterocycles. The maximum Gasteiger partial charge on any atom is 0.281 e. The number of rotatable bonds is 7. The average molecular weight is 399 g/mol. The summed E-state index contributed by atoms with van der Waals surface area (Å²) in [6.45, 7) is 1.10. The summed E-state index contributed by atoms with van der Waals surface area (Å²) in [6.07, 6.45) is 0.238. The zero-order chi connectivity index (χ0) is 19.9. The number of hydrogen-bond acceptors (Lipinski definition) is 5. The van der Waals surface area contributed by atoms with E-state index >= 15 is 0 Å². The fraction of sp³-hybridized carbons (Fsp3) is 0.250. The summed E-state index contributed by atoms with van der Waals surface area (Å²) in [5.41, 5.74) is 1.64. The number of nitrogens with one attached hydrogen (secondary N) is 2. The predicted octanol–water partition coefficient (Wildman–Crippen LogP) is 3.44. The van der Waals surface area contributed by atoms with Crippen molar-refractivity contribution in [1.29, 1.82) is 0 Å².